The van der Waals surface area contributed by atoms with Crippen LogP contribution in [0.5, 0.6) is 0 Å². The van der Waals surface area contributed by atoms with Gasteiger partial charge in [0.05, 0.1) is 12.4 Å². The van der Waals surface area contributed by atoms with E-state index >= 15 is 0 Å². The molecule has 0 aliphatic carbocycles. The third-order valence-electron chi connectivity index (χ3n) is 1.73. The SMILES string of the molecule is CC(C)(C)OC=O.CS(=O)(=O)OC1CCNC1. The van der Waals surface area contributed by atoms with Gasteiger partial charge >= 0.3 is 0 Å². The van der Waals surface area contributed by atoms with E-state index in [2.05, 4.69) is 10.1 Å². The van der Waals surface area contributed by atoms with Crippen molar-refractivity contribution in [2.75, 3.05) is 19.3 Å². The topological polar surface area (TPSA) is 81.7 Å². The molecular weight excluding hydrogens is 246 g/mol. The van der Waals surface area contributed by atoms with E-state index in [9.17, 15) is 13.2 Å². The van der Waals surface area contributed by atoms with Gasteiger partial charge in [-0.2, -0.15) is 8.42 Å². The van der Waals surface area contributed by atoms with Gasteiger partial charge in [0.15, 0.2) is 0 Å². The maximum absolute atomic E-state index is 10.5. The van der Waals surface area contributed by atoms with E-state index in [1.165, 1.54) is 0 Å². The van der Waals surface area contributed by atoms with Crippen molar-refractivity contribution in [3.05, 3.63) is 0 Å². The third kappa shape index (κ3) is 11.6. The van der Waals surface area contributed by atoms with Crippen molar-refractivity contribution in [1.29, 1.82) is 0 Å². The summed E-state index contributed by atoms with van der Waals surface area (Å²) in [5, 5.41) is 3.01. The summed E-state index contributed by atoms with van der Waals surface area (Å²) in [5.41, 5.74) is -0.318. The average Bonchev–Trinajstić information content (AvgIpc) is 2.52. The van der Waals surface area contributed by atoms with Gasteiger partial charge in [0, 0.05) is 6.54 Å². The van der Waals surface area contributed by atoms with Crippen LogP contribution in [0, 0.1) is 0 Å². The molecule has 0 bridgehead atoms. The first-order chi connectivity index (χ1) is 7.64. The van der Waals surface area contributed by atoms with Gasteiger partial charge in [-0.05, 0) is 33.7 Å². The van der Waals surface area contributed by atoms with Gasteiger partial charge in [-0.3, -0.25) is 8.98 Å². The van der Waals surface area contributed by atoms with Crippen molar-refractivity contribution in [3.63, 3.8) is 0 Å². The van der Waals surface area contributed by atoms with Crippen molar-refractivity contribution >= 4 is 16.6 Å². The predicted molar refractivity (Wildman–Crippen MR) is 64.1 cm³/mol. The van der Waals surface area contributed by atoms with Crippen LogP contribution in [0.15, 0.2) is 0 Å². The first-order valence-corrected chi connectivity index (χ1v) is 7.16. The third-order valence-corrected chi connectivity index (χ3v) is 2.35. The van der Waals surface area contributed by atoms with Gasteiger partial charge in [0.25, 0.3) is 16.6 Å². The molecule has 0 saturated carbocycles. The van der Waals surface area contributed by atoms with Crippen molar-refractivity contribution in [2.24, 2.45) is 0 Å². The zero-order valence-electron chi connectivity index (χ0n) is 10.7. The minimum atomic E-state index is -3.25. The molecule has 1 rings (SSSR count). The second kappa shape index (κ2) is 6.93. The summed E-state index contributed by atoms with van der Waals surface area (Å²) in [4.78, 5) is 9.60. The van der Waals surface area contributed by atoms with E-state index < -0.39 is 10.1 Å². The lowest BCUT2D eigenvalue weighted by Gasteiger charge is -2.14. The van der Waals surface area contributed by atoms with E-state index in [-0.39, 0.29) is 11.7 Å². The summed E-state index contributed by atoms with van der Waals surface area (Å²) in [7, 11) is -3.25. The van der Waals surface area contributed by atoms with E-state index in [4.69, 9.17) is 4.18 Å². The monoisotopic (exact) mass is 267 g/mol. The van der Waals surface area contributed by atoms with Crippen molar-refractivity contribution in [1.82, 2.24) is 5.32 Å². The van der Waals surface area contributed by atoms with Crippen LogP contribution >= 0.6 is 0 Å². The zero-order valence-corrected chi connectivity index (χ0v) is 11.5. The van der Waals surface area contributed by atoms with Crippen molar-refractivity contribution in [3.8, 4) is 0 Å². The molecule has 1 saturated heterocycles. The molecule has 0 radical (unpaired) electrons. The molecule has 0 spiro atoms. The fraction of sp³-hybridized carbons (Fsp3) is 0.900. The van der Waals surface area contributed by atoms with Crippen LogP contribution in [0.25, 0.3) is 0 Å². The Morgan fingerprint density at radius 2 is 1.94 bits per heavy atom. The number of hydrogen-bond acceptors (Lipinski definition) is 6. The molecule has 17 heavy (non-hydrogen) atoms. The largest absolute Gasteiger partial charge is 0.462 e. The molecule has 0 aromatic carbocycles. The van der Waals surface area contributed by atoms with E-state index in [0.29, 0.717) is 13.0 Å². The molecule has 1 aliphatic heterocycles. The molecule has 1 unspecified atom stereocenters. The second-order valence-electron chi connectivity index (χ2n) is 4.74. The van der Waals surface area contributed by atoms with Gasteiger partial charge in [0.1, 0.15) is 5.60 Å². The van der Waals surface area contributed by atoms with Gasteiger partial charge < -0.3 is 10.1 Å². The Balaban J connectivity index is 0.000000325. The van der Waals surface area contributed by atoms with E-state index in [0.717, 1.165) is 19.2 Å². The van der Waals surface area contributed by atoms with E-state index in [1.54, 1.807) is 0 Å². The maximum Gasteiger partial charge on any atom is 0.293 e. The number of carbonyl (C=O) groups excluding carboxylic acids is 1. The summed E-state index contributed by atoms with van der Waals surface area (Å²) in [5.74, 6) is 0. The van der Waals surface area contributed by atoms with Crippen LogP contribution in [-0.2, 0) is 23.8 Å². The summed E-state index contributed by atoms with van der Waals surface area (Å²) < 4.78 is 30.3. The smallest absolute Gasteiger partial charge is 0.293 e. The van der Waals surface area contributed by atoms with Gasteiger partial charge in [-0.25, -0.2) is 0 Å². The summed E-state index contributed by atoms with van der Waals surface area (Å²) >= 11 is 0. The molecular formula is C10H21NO5S. The van der Waals surface area contributed by atoms with E-state index in [1.807, 2.05) is 20.8 Å². The molecule has 0 aromatic rings. The Morgan fingerprint density at radius 1 is 1.35 bits per heavy atom. The molecule has 1 fully saturated rings. The molecule has 0 amide bonds. The van der Waals surface area contributed by atoms with Gasteiger partial charge in [-0.15, -0.1) is 0 Å². The van der Waals surface area contributed by atoms with Gasteiger partial charge in [0.2, 0.25) is 0 Å². The van der Waals surface area contributed by atoms with Crippen LogP contribution in [-0.4, -0.2) is 45.9 Å². The summed E-state index contributed by atoms with van der Waals surface area (Å²) in [6, 6.07) is 0. The molecule has 1 N–H and O–H groups in total. The highest BCUT2D eigenvalue weighted by atomic mass is 32.2. The van der Waals surface area contributed by atoms with Crippen LogP contribution in [0.2, 0.25) is 0 Å². The highest BCUT2D eigenvalue weighted by Gasteiger charge is 2.18. The number of hydrogen-bond donors (Lipinski definition) is 1. The average molecular weight is 267 g/mol. The fourth-order valence-corrected chi connectivity index (χ4v) is 1.76. The number of rotatable bonds is 3. The van der Waals surface area contributed by atoms with Gasteiger partial charge in [-0.1, -0.05) is 0 Å². The van der Waals surface area contributed by atoms with Crippen LogP contribution < -0.4 is 5.32 Å². The minimum absolute atomic E-state index is 0.144. The first-order valence-electron chi connectivity index (χ1n) is 5.34. The molecule has 0 aromatic heterocycles. The number of nitrogens with one attached hydrogen (secondary N) is 1. The summed E-state index contributed by atoms with van der Waals surface area (Å²) in [6.45, 7) is 7.41. The number of ether oxygens (including phenoxy) is 1. The highest BCUT2D eigenvalue weighted by Crippen LogP contribution is 2.05. The number of carbonyl (C=O) groups is 1. The van der Waals surface area contributed by atoms with Crippen LogP contribution in [0.1, 0.15) is 27.2 Å². The molecule has 6 nitrogen and oxygen atoms in total. The highest BCUT2D eigenvalue weighted by molar-refractivity contribution is 7.86. The second-order valence-corrected chi connectivity index (χ2v) is 6.34. The standard InChI is InChI=1S/C5H11NO3S.C5H10O2/c1-10(7,8)9-5-2-3-6-4-5;1-5(2,3)7-4-6/h5-6H,2-4H2,1H3;4H,1-3H3. The Hall–Kier alpha value is -0.660. The molecule has 7 heteroatoms. The van der Waals surface area contributed by atoms with Crippen molar-refractivity contribution in [2.45, 2.75) is 38.9 Å². The van der Waals surface area contributed by atoms with Crippen LogP contribution in [0.4, 0.5) is 0 Å². The van der Waals surface area contributed by atoms with Crippen LogP contribution in [0.3, 0.4) is 0 Å². The Kier molecular flexibility index (Phi) is 6.66. The normalized spacial score (nSPS) is 20.4. The Morgan fingerprint density at radius 3 is 2.18 bits per heavy atom. The molecule has 1 aliphatic rings. The Bertz CT molecular complexity index is 314. The Labute approximate surface area is 103 Å². The summed E-state index contributed by atoms with van der Waals surface area (Å²) in [6.07, 6.45) is 1.72. The zero-order chi connectivity index (χ0) is 13.5. The predicted octanol–water partition coefficient (Wildman–Crippen LogP) is 0.282. The lowest BCUT2D eigenvalue weighted by Crippen LogP contribution is -2.19. The minimum Gasteiger partial charge on any atom is -0.462 e. The molecule has 102 valence electrons. The maximum atomic E-state index is 10.5. The fourth-order valence-electron chi connectivity index (χ4n) is 1.10. The molecule has 1 heterocycles. The quantitative estimate of drug-likeness (QED) is 0.584. The van der Waals surface area contributed by atoms with Crippen molar-refractivity contribution < 1.29 is 22.1 Å². The lowest BCUT2D eigenvalue weighted by molar-refractivity contribution is -0.138. The lowest BCUT2D eigenvalue weighted by atomic mass is 10.2. The first kappa shape index (κ1) is 16.3. The molecule has 1 atom stereocenters.